The van der Waals surface area contributed by atoms with E-state index >= 15 is 0 Å². The smallest absolute Gasteiger partial charge is 0.126 e. The van der Waals surface area contributed by atoms with Gasteiger partial charge >= 0.3 is 0 Å². The summed E-state index contributed by atoms with van der Waals surface area (Å²) in [5, 5.41) is 17.2. The summed E-state index contributed by atoms with van der Waals surface area (Å²) in [4.78, 5) is 0. The molecule has 0 bridgehead atoms. The van der Waals surface area contributed by atoms with Crippen LogP contribution in [0.15, 0.2) is 28.7 Å². The Morgan fingerprint density at radius 2 is 1.36 bits per heavy atom. The molecule has 0 radical (unpaired) electrons. The van der Waals surface area contributed by atoms with Crippen molar-refractivity contribution in [2.75, 3.05) is 5.73 Å². The van der Waals surface area contributed by atoms with Crippen LogP contribution in [0.5, 0.6) is 0 Å². The van der Waals surface area contributed by atoms with Crippen LogP contribution in [0.25, 0.3) is 0 Å². The molecule has 22 heavy (non-hydrogen) atoms. The fourth-order valence-electron chi connectivity index (χ4n) is 1.31. The van der Waals surface area contributed by atoms with Gasteiger partial charge in [0.25, 0.3) is 0 Å². The highest BCUT2D eigenvalue weighted by atomic mass is 79.9. The molecule has 0 aliphatic carbocycles. The van der Waals surface area contributed by atoms with E-state index in [1.165, 1.54) is 0 Å². The van der Waals surface area contributed by atoms with E-state index in [1.54, 1.807) is 12.1 Å². The predicted octanol–water partition coefficient (Wildman–Crippen LogP) is 5.05. The molecular weight excluding hydrogens is 399 g/mol. The standard InChI is InChI=1S/C7H2BrClFN.C7H4ClFN2/c8-7-4(3-11)1-5(10)2-6(7)9;8-6-2-5(9)1-4(3-10)7(6)11/h1-2H;1-2H,11H2. The van der Waals surface area contributed by atoms with Crippen molar-refractivity contribution in [2.24, 2.45) is 0 Å². The van der Waals surface area contributed by atoms with E-state index in [9.17, 15) is 8.78 Å². The average Bonchev–Trinajstić information content (AvgIpc) is 2.47. The zero-order chi connectivity index (χ0) is 16.9. The van der Waals surface area contributed by atoms with Gasteiger partial charge in [-0.25, -0.2) is 8.78 Å². The number of benzene rings is 2. The highest BCUT2D eigenvalue weighted by Gasteiger charge is 2.06. The summed E-state index contributed by atoms with van der Waals surface area (Å²) in [7, 11) is 0. The summed E-state index contributed by atoms with van der Waals surface area (Å²) >= 11 is 14.1. The Morgan fingerprint density at radius 1 is 0.909 bits per heavy atom. The predicted molar refractivity (Wildman–Crippen MR) is 84.4 cm³/mol. The van der Waals surface area contributed by atoms with Gasteiger partial charge < -0.3 is 5.73 Å². The number of nitrogens with two attached hydrogens (primary N) is 1. The molecule has 0 saturated heterocycles. The Balaban J connectivity index is 0.000000220. The minimum Gasteiger partial charge on any atom is -0.396 e. The third-order valence-electron chi connectivity index (χ3n) is 2.33. The van der Waals surface area contributed by atoms with Crippen LogP contribution in [0.1, 0.15) is 11.1 Å². The van der Waals surface area contributed by atoms with E-state index in [2.05, 4.69) is 15.9 Å². The van der Waals surface area contributed by atoms with Gasteiger partial charge in [0.05, 0.1) is 31.3 Å². The van der Waals surface area contributed by atoms with Crippen LogP contribution in [-0.4, -0.2) is 0 Å². The Labute approximate surface area is 143 Å². The van der Waals surface area contributed by atoms with Crippen molar-refractivity contribution in [3.63, 3.8) is 0 Å². The third kappa shape index (κ3) is 4.57. The van der Waals surface area contributed by atoms with Crippen molar-refractivity contribution >= 4 is 44.8 Å². The molecule has 2 aromatic carbocycles. The first-order valence-corrected chi connectivity index (χ1v) is 7.04. The van der Waals surface area contributed by atoms with Gasteiger partial charge in [0.2, 0.25) is 0 Å². The first-order chi connectivity index (χ1) is 10.3. The molecule has 2 N–H and O–H groups in total. The monoisotopic (exact) mass is 403 g/mol. The number of nitrogen functional groups attached to an aromatic ring is 1. The first-order valence-electron chi connectivity index (χ1n) is 5.49. The van der Waals surface area contributed by atoms with Gasteiger partial charge in [-0.05, 0) is 40.2 Å². The Bertz CT molecular complexity index is 731. The lowest BCUT2D eigenvalue weighted by atomic mass is 10.2. The molecule has 2 rings (SSSR count). The first kappa shape index (κ1) is 18.2. The minimum atomic E-state index is -0.555. The number of hydrogen-bond acceptors (Lipinski definition) is 3. The molecule has 0 spiro atoms. The second-order valence-corrected chi connectivity index (χ2v) is 5.43. The molecule has 0 unspecified atom stereocenters. The third-order valence-corrected chi connectivity index (χ3v) is 4.02. The number of anilines is 1. The van der Waals surface area contributed by atoms with E-state index in [1.807, 2.05) is 0 Å². The van der Waals surface area contributed by atoms with E-state index in [0.29, 0.717) is 4.47 Å². The average molecular weight is 405 g/mol. The van der Waals surface area contributed by atoms with E-state index in [4.69, 9.17) is 39.5 Å². The molecule has 0 aliphatic rings. The number of hydrogen-bond donors (Lipinski definition) is 1. The van der Waals surface area contributed by atoms with E-state index in [0.717, 1.165) is 24.3 Å². The normalized spacial score (nSPS) is 9.23. The van der Waals surface area contributed by atoms with Gasteiger partial charge in [-0.1, -0.05) is 23.2 Å². The number of halogens is 5. The van der Waals surface area contributed by atoms with Crippen molar-refractivity contribution in [2.45, 2.75) is 0 Å². The molecule has 3 nitrogen and oxygen atoms in total. The summed E-state index contributed by atoms with van der Waals surface area (Å²) in [6.07, 6.45) is 0. The molecule has 112 valence electrons. The zero-order valence-electron chi connectivity index (χ0n) is 10.7. The van der Waals surface area contributed by atoms with Crippen molar-refractivity contribution in [1.29, 1.82) is 10.5 Å². The van der Waals surface area contributed by atoms with Gasteiger partial charge in [0, 0.05) is 0 Å². The number of nitriles is 2. The minimum absolute atomic E-state index is 0.0648. The van der Waals surface area contributed by atoms with Gasteiger partial charge in [0.1, 0.15) is 23.8 Å². The van der Waals surface area contributed by atoms with Crippen LogP contribution >= 0.6 is 39.1 Å². The summed E-state index contributed by atoms with van der Waals surface area (Å²) in [5.41, 5.74) is 5.73. The maximum absolute atomic E-state index is 12.5. The maximum Gasteiger partial charge on any atom is 0.126 e. The number of nitrogens with zero attached hydrogens (tertiary/aromatic N) is 2. The van der Waals surface area contributed by atoms with Crippen molar-refractivity contribution < 1.29 is 8.78 Å². The van der Waals surface area contributed by atoms with Gasteiger partial charge in [-0.3, -0.25) is 0 Å². The SMILES string of the molecule is N#Cc1cc(F)cc(Cl)c1Br.N#Cc1cc(F)cc(Cl)c1N. The second kappa shape index (κ2) is 7.95. The van der Waals surface area contributed by atoms with Crippen molar-refractivity contribution in [3.8, 4) is 12.1 Å². The molecule has 0 aromatic heterocycles. The lowest BCUT2D eigenvalue weighted by Crippen LogP contribution is -1.92. The quantitative estimate of drug-likeness (QED) is 0.493. The fourth-order valence-corrected chi connectivity index (χ4v) is 2.04. The molecule has 0 atom stereocenters. The summed E-state index contributed by atoms with van der Waals surface area (Å²) < 4.78 is 25.5. The van der Waals surface area contributed by atoms with Crippen LogP contribution in [0.3, 0.4) is 0 Å². The highest BCUT2D eigenvalue weighted by molar-refractivity contribution is 9.10. The van der Waals surface area contributed by atoms with Gasteiger partial charge in [0.15, 0.2) is 0 Å². The molecule has 2 aromatic rings. The van der Waals surface area contributed by atoms with E-state index in [-0.39, 0.29) is 26.9 Å². The molecule has 0 amide bonds. The van der Waals surface area contributed by atoms with Crippen LogP contribution in [-0.2, 0) is 0 Å². The summed E-state index contributed by atoms with van der Waals surface area (Å²) in [6.45, 7) is 0. The van der Waals surface area contributed by atoms with Crippen LogP contribution in [0, 0.1) is 34.3 Å². The summed E-state index contributed by atoms with van der Waals surface area (Å²) in [5.74, 6) is -1.06. The topological polar surface area (TPSA) is 73.6 Å². The highest BCUT2D eigenvalue weighted by Crippen LogP contribution is 2.26. The molecular formula is C14H6BrCl2F2N3. The Hall–Kier alpha value is -1.86. The molecule has 8 heteroatoms. The summed E-state index contributed by atoms with van der Waals surface area (Å²) in [6, 6.07) is 7.91. The second-order valence-electron chi connectivity index (χ2n) is 3.82. The zero-order valence-corrected chi connectivity index (χ0v) is 13.8. The molecule has 0 heterocycles. The number of rotatable bonds is 0. The lowest BCUT2D eigenvalue weighted by molar-refractivity contribution is 0.627. The van der Waals surface area contributed by atoms with Crippen molar-refractivity contribution in [3.05, 3.63) is 61.5 Å². The lowest BCUT2D eigenvalue weighted by Gasteiger charge is -1.98. The van der Waals surface area contributed by atoms with Gasteiger partial charge in [-0.2, -0.15) is 10.5 Å². The van der Waals surface area contributed by atoms with Crippen molar-refractivity contribution in [1.82, 2.24) is 0 Å². The van der Waals surface area contributed by atoms with E-state index < -0.39 is 11.6 Å². The molecule has 0 saturated carbocycles. The van der Waals surface area contributed by atoms with Crippen LogP contribution in [0.4, 0.5) is 14.5 Å². The maximum atomic E-state index is 12.5. The van der Waals surface area contributed by atoms with Crippen LogP contribution in [0.2, 0.25) is 10.0 Å². The fraction of sp³-hybridized carbons (Fsp3) is 0. The molecule has 0 aliphatic heterocycles. The Kier molecular flexibility index (Phi) is 6.58. The van der Waals surface area contributed by atoms with Crippen LogP contribution < -0.4 is 5.73 Å². The Morgan fingerprint density at radius 3 is 1.86 bits per heavy atom. The van der Waals surface area contributed by atoms with Gasteiger partial charge in [-0.15, -0.1) is 0 Å². The molecule has 0 fully saturated rings. The largest absolute Gasteiger partial charge is 0.396 e.